The molecule has 6 heteroatoms. The minimum absolute atomic E-state index is 0.0585. The standard InChI is InChI=1S/C20H20Cl2N2O2/c21-15-7-5-13(6-8-15)9-10-23-19(25)16-11-17(16)20(26)24-12-14-3-1-2-4-18(14)22/h1-8,16-17H,9-12H2,(H,23,25)(H,24,26). The molecule has 2 N–H and O–H groups in total. The Morgan fingerprint density at radius 2 is 1.58 bits per heavy atom. The van der Waals surface area contributed by atoms with Crippen molar-refractivity contribution in [3.8, 4) is 0 Å². The van der Waals surface area contributed by atoms with Gasteiger partial charge in [0.15, 0.2) is 0 Å². The Labute approximate surface area is 162 Å². The summed E-state index contributed by atoms with van der Waals surface area (Å²) in [6.07, 6.45) is 1.33. The summed E-state index contributed by atoms with van der Waals surface area (Å²) >= 11 is 11.9. The Morgan fingerprint density at radius 3 is 2.27 bits per heavy atom. The van der Waals surface area contributed by atoms with Gasteiger partial charge in [-0.2, -0.15) is 0 Å². The van der Waals surface area contributed by atoms with Crippen LogP contribution >= 0.6 is 23.2 Å². The van der Waals surface area contributed by atoms with E-state index in [1.807, 2.05) is 42.5 Å². The second kappa shape index (κ2) is 8.56. The van der Waals surface area contributed by atoms with Gasteiger partial charge in [0, 0.05) is 23.1 Å². The first kappa shape index (κ1) is 18.7. The van der Waals surface area contributed by atoms with Gasteiger partial charge in [-0.3, -0.25) is 9.59 Å². The van der Waals surface area contributed by atoms with Gasteiger partial charge in [0.1, 0.15) is 0 Å². The van der Waals surface area contributed by atoms with Gasteiger partial charge < -0.3 is 10.6 Å². The summed E-state index contributed by atoms with van der Waals surface area (Å²) in [5, 5.41) is 7.08. The monoisotopic (exact) mass is 390 g/mol. The molecule has 2 amide bonds. The fourth-order valence-corrected chi connectivity index (χ4v) is 3.17. The van der Waals surface area contributed by atoms with Crippen LogP contribution < -0.4 is 10.6 Å². The predicted molar refractivity (Wildman–Crippen MR) is 103 cm³/mol. The highest BCUT2D eigenvalue weighted by Crippen LogP contribution is 2.38. The average Bonchev–Trinajstić information content (AvgIpc) is 3.43. The number of benzene rings is 2. The minimum Gasteiger partial charge on any atom is -0.356 e. The molecule has 136 valence electrons. The summed E-state index contributed by atoms with van der Waals surface area (Å²) in [4.78, 5) is 24.3. The molecule has 0 aliphatic heterocycles. The lowest BCUT2D eigenvalue weighted by Gasteiger charge is -2.07. The number of nitrogens with one attached hydrogen (secondary N) is 2. The smallest absolute Gasteiger partial charge is 0.224 e. The predicted octanol–water partition coefficient (Wildman–Crippen LogP) is 3.60. The molecule has 0 bridgehead atoms. The maximum absolute atomic E-state index is 12.2. The van der Waals surface area contributed by atoms with Gasteiger partial charge in [0.05, 0.1) is 11.8 Å². The van der Waals surface area contributed by atoms with Crippen LogP contribution in [0.2, 0.25) is 10.0 Å². The number of rotatable bonds is 7. The zero-order valence-corrected chi connectivity index (χ0v) is 15.7. The first-order valence-electron chi connectivity index (χ1n) is 8.58. The van der Waals surface area contributed by atoms with Crippen LogP contribution in [0.5, 0.6) is 0 Å². The van der Waals surface area contributed by atoms with E-state index in [2.05, 4.69) is 10.6 Å². The first-order chi connectivity index (χ1) is 12.5. The Hall–Kier alpha value is -2.04. The Morgan fingerprint density at radius 1 is 0.923 bits per heavy atom. The molecule has 2 unspecified atom stereocenters. The molecule has 0 saturated heterocycles. The zero-order chi connectivity index (χ0) is 18.5. The molecular formula is C20H20Cl2N2O2. The molecule has 0 heterocycles. The summed E-state index contributed by atoms with van der Waals surface area (Å²) in [6, 6.07) is 14.9. The van der Waals surface area contributed by atoms with Crippen LogP contribution in [0.4, 0.5) is 0 Å². The molecule has 2 atom stereocenters. The van der Waals surface area contributed by atoms with E-state index in [9.17, 15) is 9.59 Å². The molecule has 0 spiro atoms. The number of halogens is 2. The Kier molecular flexibility index (Phi) is 6.17. The van der Waals surface area contributed by atoms with Crippen LogP contribution in [-0.2, 0) is 22.6 Å². The van der Waals surface area contributed by atoms with E-state index in [1.165, 1.54) is 0 Å². The van der Waals surface area contributed by atoms with Crippen molar-refractivity contribution in [1.29, 1.82) is 0 Å². The van der Waals surface area contributed by atoms with Crippen molar-refractivity contribution in [2.24, 2.45) is 11.8 Å². The number of hydrogen-bond acceptors (Lipinski definition) is 2. The maximum Gasteiger partial charge on any atom is 0.224 e. The fourth-order valence-electron chi connectivity index (χ4n) is 2.84. The summed E-state index contributed by atoms with van der Waals surface area (Å²) in [6.45, 7) is 0.921. The van der Waals surface area contributed by atoms with Crippen molar-refractivity contribution in [3.05, 3.63) is 69.7 Å². The molecule has 2 aromatic carbocycles. The third kappa shape index (κ3) is 4.99. The van der Waals surface area contributed by atoms with Crippen molar-refractivity contribution in [3.63, 3.8) is 0 Å². The van der Waals surface area contributed by atoms with Gasteiger partial charge in [-0.05, 0) is 42.2 Å². The van der Waals surface area contributed by atoms with Gasteiger partial charge >= 0.3 is 0 Å². The average molecular weight is 391 g/mol. The molecule has 1 saturated carbocycles. The third-order valence-electron chi connectivity index (χ3n) is 4.50. The summed E-state index contributed by atoms with van der Waals surface area (Å²) in [5.74, 6) is -0.626. The SMILES string of the molecule is O=C(NCCc1ccc(Cl)cc1)C1CC1C(=O)NCc1ccccc1Cl. The fraction of sp³-hybridized carbons (Fsp3) is 0.300. The first-order valence-corrected chi connectivity index (χ1v) is 9.33. The Balaban J connectivity index is 1.38. The summed E-state index contributed by atoms with van der Waals surface area (Å²) in [7, 11) is 0. The van der Waals surface area contributed by atoms with Crippen LogP contribution in [0.3, 0.4) is 0 Å². The Bertz CT molecular complexity index is 793. The van der Waals surface area contributed by atoms with E-state index in [1.54, 1.807) is 6.07 Å². The van der Waals surface area contributed by atoms with Gasteiger partial charge in [0.2, 0.25) is 11.8 Å². The van der Waals surface area contributed by atoms with E-state index >= 15 is 0 Å². The molecule has 3 rings (SSSR count). The topological polar surface area (TPSA) is 58.2 Å². The summed E-state index contributed by atoms with van der Waals surface area (Å²) < 4.78 is 0. The second-order valence-corrected chi connectivity index (χ2v) is 7.27. The molecule has 1 aliphatic carbocycles. The molecule has 2 aromatic rings. The normalized spacial score (nSPS) is 18.2. The van der Waals surface area contributed by atoms with Crippen molar-refractivity contribution in [2.45, 2.75) is 19.4 Å². The van der Waals surface area contributed by atoms with E-state index in [4.69, 9.17) is 23.2 Å². The second-order valence-electron chi connectivity index (χ2n) is 6.43. The van der Waals surface area contributed by atoms with E-state index in [-0.39, 0.29) is 23.7 Å². The lowest BCUT2D eigenvalue weighted by atomic mass is 10.1. The third-order valence-corrected chi connectivity index (χ3v) is 5.12. The van der Waals surface area contributed by atoms with Crippen LogP contribution in [0.1, 0.15) is 17.5 Å². The minimum atomic E-state index is -0.243. The summed E-state index contributed by atoms with van der Waals surface area (Å²) in [5.41, 5.74) is 1.98. The molecular weight excluding hydrogens is 371 g/mol. The van der Waals surface area contributed by atoms with Crippen molar-refractivity contribution in [2.75, 3.05) is 6.54 Å². The molecule has 0 aromatic heterocycles. The lowest BCUT2D eigenvalue weighted by Crippen LogP contribution is -2.31. The molecule has 0 radical (unpaired) electrons. The molecule has 26 heavy (non-hydrogen) atoms. The number of carbonyl (C=O) groups excluding carboxylic acids is 2. The number of hydrogen-bond donors (Lipinski definition) is 2. The highest BCUT2D eigenvalue weighted by Gasteiger charge is 2.47. The van der Waals surface area contributed by atoms with E-state index in [0.717, 1.165) is 17.5 Å². The molecule has 1 fully saturated rings. The van der Waals surface area contributed by atoms with E-state index < -0.39 is 0 Å². The van der Waals surface area contributed by atoms with Gasteiger partial charge in [0.25, 0.3) is 0 Å². The van der Waals surface area contributed by atoms with Gasteiger partial charge in [-0.25, -0.2) is 0 Å². The number of amides is 2. The highest BCUT2D eigenvalue weighted by molar-refractivity contribution is 6.31. The van der Waals surface area contributed by atoms with Crippen molar-refractivity contribution < 1.29 is 9.59 Å². The molecule has 1 aliphatic rings. The van der Waals surface area contributed by atoms with Gasteiger partial charge in [-0.1, -0.05) is 53.5 Å². The van der Waals surface area contributed by atoms with Crippen LogP contribution in [0, 0.1) is 11.8 Å². The van der Waals surface area contributed by atoms with E-state index in [0.29, 0.717) is 29.6 Å². The zero-order valence-electron chi connectivity index (χ0n) is 14.2. The van der Waals surface area contributed by atoms with Crippen LogP contribution in [-0.4, -0.2) is 18.4 Å². The number of carbonyl (C=O) groups is 2. The van der Waals surface area contributed by atoms with Crippen LogP contribution in [0.15, 0.2) is 48.5 Å². The molecule has 4 nitrogen and oxygen atoms in total. The van der Waals surface area contributed by atoms with Crippen molar-refractivity contribution >= 4 is 35.0 Å². The van der Waals surface area contributed by atoms with Crippen LogP contribution in [0.25, 0.3) is 0 Å². The van der Waals surface area contributed by atoms with Crippen molar-refractivity contribution in [1.82, 2.24) is 10.6 Å². The van der Waals surface area contributed by atoms with Gasteiger partial charge in [-0.15, -0.1) is 0 Å². The quantitative estimate of drug-likeness (QED) is 0.758. The highest BCUT2D eigenvalue weighted by atomic mass is 35.5. The lowest BCUT2D eigenvalue weighted by molar-refractivity contribution is -0.127. The maximum atomic E-state index is 12.2. The largest absolute Gasteiger partial charge is 0.356 e.